The van der Waals surface area contributed by atoms with Gasteiger partial charge in [-0.2, -0.15) is 0 Å². The number of ether oxygens (including phenoxy) is 1. The number of carbonyl (C=O) groups is 2. The van der Waals surface area contributed by atoms with Crippen LogP contribution in [0.25, 0.3) is 0 Å². The molecule has 0 saturated carbocycles. The van der Waals surface area contributed by atoms with Gasteiger partial charge in [-0.3, -0.25) is 19.4 Å². The molecule has 0 atom stereocenters. The van der Waals surface area contributed by atoms with Crippen molar-refractivity contribution in [1.29, 1.82) is 0 Å². The van der Waals surface area contributed by atoms with Gasteiger partial charge in [-0.05, 0) is 67.8 Å². The molecule has 1 fully saturated rings. The lowest BCUT2D eigenvalue weighted by atomic mass is 10.1. The van der Waals surface area contributed by atoms with Gasteiger partial charge in [0.25, 0.3) is 11.8 Å². The number of allylic oxidation sites excluding steroid dienone is 4. The van der Waals surface area contributed by atoms with Crippen molar-refractivity contribution in [2.45, 2.75) is 46.0 Å². The highest BCUT2D eigenvalue weighted by Crippen LogP contribution is 2.38. The first-order valence-corrected chi connectivity index (χ1v) is 13.5. The summed E-state index contributed by atoms with van der Waals surface area (Å²) in [6.45, 7) is 5.81. The van der Waals surface area contributed by atoms with Crippen LogP contribution in [0.3, 0.4) is 0 Å². The summed E-state index contributed by atoms with van der Waals surface area (Å²) in [5.74, 6) is 1.37. The number of thiocarbonyl (C=S) groups is 1. The van der Waals surface area contributed by atoms with Gasteiger partial charge in [0, 0.05) is 25.4 Å². The number of anilines is 1. The Morgan fingerprint density at radius 2 is 1.51 bits per heavy atom. The van der Waals surface area contributed by atoms with Crippen LogP contribution in [-0.4, -0.2) is 56.7 Å². The maximum atomic E-state index is 13.1. The molecule has 1 saturated heterocycles. The molecule has 1 N–H and O–H groups in total. The van der Waals surface area contributed by atoms with E-state index in [9.17, 15) is 9.59 Å². The second-order valence-electron chi connectivity index (χ2n) is 8.28. The van der Waals surface area contributed by atoms with Crippen LogP contribution in [0.15, 0.2) is 60.0 Å². The van der Waals surface area contributed by atoms with E-state index in [1.807, 2.05) is 30.3 Å². The van der Waals surface area contributed by atoms with Crippen molar-refractivity contribution in [3.05, 3.63) is 60.0 Å². The van der Waals surface area contributed by atoms with E-state index in [2.05, 4.69) is 18.7 Å². The fourth-order valence-corrected chi connectivity index (χ4v) is 4.46. The molecule has 9 heteroatoms. The molecule has 0 aromatic heterocycles. The van der Waals surface area contributed by atoms with E-state index in [0.717, 1.165) is 55.6 Å². The molecule has 1 aromatic carbocycles. The molecule has 2 amide bonds. The van der Waals surface area contributed by atoms with Crippen molar-refractivity contribution in [3.8, 4) is 5.75 Å². The second kappa shape index (κ2) is 13.5. The van der Waals surface area contributed by atoms with Crippen molar-refractivity contribution in [2.75, 3.05) is 30.3 Å². The van der Waals surface area contributed by atoms with Gasteiger partial charge in [0.1, 0.15) is 5.57 Å². The van der Waals surface area contributed by atoms with Crippen molar-refractivity contribution < 1.29 is 18.9 Å². The normalized spacial score (nSPS) is 17.1. The van der Waals surface area contributed by atoms with E-state index in [1.54, 1.807) is 28.0 Å². The quantitative estimate of drug-likeness (QED) is 0.132. The van der Waals surface area contributed by atoms with Gasteiger partial charge in [0.05, 0.1) is 5.69 Å². The number of fused-ring (bicyclic) bond motifs is 1. The minimum absolute atomic E-state index is 0.118. The smallest absolute Gasteiger partial charge is 0.265 e. The summed E-state index contributed by atoms with van der Waals surface area (Å²) in [5, 5.41) is 0.305. The highest BCUT2D eigenvalue weighted by molar-refractivity contribution is 7.93. The maximum Gasteiger partial charge on any atom is 0.265 e. The molecule has 0 unspecified atom stereocenters. The summed E-state index contributed by atoms with van der Waals surface area (Å²) in [6, 6.07) is 7.78. The van der Waals surface area contributed by atoms with Crippen LogP contribution in [0.1, 0.15) is 46.0 Å². The molecular weight excluding hydrogens is 482 g/mol. The van der Waals surface area contributed by atoms with E-state index in [1.165, 1.54) is 0 Å². The molecule has 2 aliphatic rings. The van der Waals surface area contributed by atoms with Crippen LogP contribution < -0.4 is 9.64 Å². The molecule has 188 valence electrons. The lowest BCUT2D eigenvalue weighted by molar-refractivity contribution is -0.133. The zero-order chi connectivity index (χ0) is 25.2. The average molecular weight is 516 g/mol. The number of benzene rings is 1. The number of rotatable bonds is 12. The lowest BCUT2D eigenvalue weighted by Gasteiger charge is -2.36. The SMILES string of the molecule is CCCCN1C(=O)C(=C/C=C/C=C2\Oc3ccccc3N2CCCSO)C(=O)N(CCCC)C1=S. The van der Waals surface area contributed by atoms with Gasteiger partial charge in [0.15, 0.2) is 10.9 Å². The third-order valence-corrected chi connectivity index (χ3v) is 6.66. The van der Waals surface area contributed by atoms with E-state index in [-0.39, 0.29) is 17.4 Å². The fraction of sp³-hybridized carbons (Fsp3) is 0.423. The molecular formula is C26H33N3O4S2. The van der Waals surface area contributed by atoms with E-state index in [0.29, 0.717) is 36.4 Å². The van der Waals surface area contributed by atoms with Crippen molar-refractivity contribution >= 4 is 46.9 Å². The Labute approximate surface area is 217 Å². The number of hydrogen-bond donors (Lipinski definition) is 1. The van der Waals surface area contributed by atoms with Crippen LogP contribution >= 0.6 is 24.3 Å². The third kappa shape index (κ3) is 6.54. The first-order chi connectivity index (χ1) is 17.0. The summed E-state index contributed by atoms with van der Waals surface area (Å²) in [6.07, 6.45) is 11.1. The molecule has 3 rings (SSSR count). The first kappa shape index (κ1) is 27.0. The largest absolute Gasteiger partial charge is 0.439 e. The number of hydrogen-bond acceptors (Lipinski definition) is 7. The molecule has 0 aliphatic carbocycles. The van der Waals surface area contributed by atoms with Gasteiger partial charge in [-0.15, -0.1) is 0 Å². The summed E-state index contributed by atoms with van der Waals surface area (Å²) in [7, 11) is 0. The highest BCUT2D eigenvalue weighted by atomic mass is 32.2. The number of para-hydroxylation sites is 2. The minimum atomic E-state index is -0.342. The Bertz CT molecular complexity index is 990. The molecule has 0 radical (unpaired) electrons. The van der Waals surface area contributed by atoms with Crippen LogP contribution in [-0.2, 0) is 9.59 Å². The third-order valence-electron chi connectivity index (χ3n) is 5.75. The number of nitrogens with zero attached hydrogens (tertiary/aromatic N) is 3. The van der Waals surface area contributed by atoms with Gasteiger partial charge >= 0.3 is 0 Å². The Morgan fingerprint density at radius 3 is 2.14 bits per heavy atom. The molecule has 35 heavy (non-hydrogen) atoms. The molecule has 7 nitrogen and oxygen atoms in total. The molecule has 0 bridgehead atoms. The predicted molar refractivity (Wildman–Crippen MR) is 145 cm³/mol. The highest BCUT2D eigenvalue weighted by Gasteiger charge is 2.38. The summed E-state index contributed by atoms with van der Waals surface area (Å²) in [4.78, 5) is 31.3. The van der Waals surface area contributed by atoms with E-state index >= 15 is 0 Å². The Morgan fingerprint density at radius 1 is 0.914 bits per heavy atom. The van der Waals surface area contributed by atoms with Crippen LogP contribution in [0, 0.1) is 0 Å². The molecule has 2 aliphatic heterocycles. The standard InChI is InChI=1S/C26H33N3O4S2/c1-3-5-16-28-24(30)20(25(31)29(26(28)34)17-6-4-2)12-7-10-15-23-27(18-11-19-35-32)21-13-8-9-14-22(21)33-23/h7-10,12-15,32H,3-6,11,16-19H2,1-2H3/b10-7+,23-15-. The van der Waals surface area contributed by atoms with Gasteiger partial charge in [-0.25, -0.2) is 0 Å². The van der Waals surface area contributed by atoms with Gasteiger partial charge < -0.3 is 14.2 Å². The Hall–Kier alpha value is -2.62. The number of carbonyl (C=O) groups excluding carboxylic acids is 2. The Balaban J connectivity index is 1.81. The van der Waals surface area contributed by atoms with Gasteiger partial charge in [-0.1, -0.05) is 51.0 Å². The van der Waals surface area contributed by atoms with E-state index in [4.69, 9.17) is 21.5 Å². The summed E-state index contributed by atoms with van der Waals surface area (Å²) >= 11 is 6.32. The minimum Gasteiger partial charge on any atom is -0.439 e. The van der Waals surface area contributed by atoms with Crippen molar-refractivity contribution in [2.24, 2.45) is 0 Å². The molecule has 1 aromatic rings. The van der Waals surface area contributed by atoms with Crippen molar-refractivity contribution in [3.63, 3.8) is 0 Å². The second-order valence-corrected chi connectivity index (χ2v) is 9.31. The van der Waals surface area contributed by atoms with Crippen LogP contribution in [0.2, 0.25) is 0 Å². The zero-order valence-corrected chi connectivity index (χ0v) is 21.9. The topological polar surface area (TPSA) is 73.3 Å². The van der Waals surface area contributed by atoms with E-state index < -0.39 is 0 Å². The molecule has 2 heterocycles. The van der Waals surface area contributed by atoms with Crippen molar-refractivity contribution in [1.82, 2.24) is 9.80 Å². The summed E-state index contributed by atoms with van der Waals surface area (Å²) in [5.41, 5.74) is 1.09. The average Bonchev–Trinajstić information content (AvgIpc) is 3.21. The predicted octanol–water partition coefficient (Wildman–Crippen LogP) is 5.36. The monoisotopic (exact) mass is 515 g/mol. The number of amides is 2. The number of unbranched alkanes of at least 4 members (excludes halogenated alkanes) is 2. The maximum absolute atomic E-state index is 13.1. The fourth-order valence-electron chi connectivity index (χ4n) is 3.86. The van der Waals surface area contributed by atoms with Crippen LogP contribution in [0.4, 0.5) is 5.69 Å². The summed E-state index contributed by atoms with van der Waals surface area (Å²) < 4.78 is 15.1. The molecule has 0 spiro atoms. The first-order valence-electron chi connectivity index (χ1n) is 12.1. The zero-order valence-electron chi connectivity index (χ0n) is 20.3. The van der Waals surface area contributed by atoms with Crippen LogP contribution in [0.5, 0.6) is 5.75 Å². The Kier molecular flexibility index (Phi) is 10.4. The lowest BCUT2D eigenvalue weighted by Crippen LogP contribution is -2.56. The van der Waals surface area contributed by atoms with Gasteiger partial charge in [0.2, 0.25) is 5.88 Å².